The molecule has 0 atom stereocenters. The van der Waals surface area contributed by atoms with Crippen LogP contribution in [0.3, 0.4) is 0 Å². The summed E-state index contributed by atoms with van der Waals surface area (Å²) in [5, 5.41) is 6.83. The molecule has 0 saturated heterocycles. The summed E-state index contributed by atoms with van der Waals surface area (Å²) in [4.78, 5) is 12.1. The number of aryl methyl sites for hydroxylation is 1. The lowest BCUT2D eigenvalue weighted by atomic mass is 9.89. The van der Waals surface area contributed by atoms with Crippen LogP contribution >= 0.6 is 0 Å². The zero-order valence-corrected chi connectivity index (χ0v) is 12.4. The monoisotopic (exact) mass is 286 g/mol. The SMILES string of the molecule is COc1ccc2c(c1)CCc1c(C(=O)NC(C)C)noc1-2. The summed E-state index contributed by atoms with van der Waals surface area (Å²) in [7, 11) is 1.65. The number of methoxy groups -OCH3 is 1. The third-order valence-corrected chi connectivity index (χ3v) is 3.62. The molecule has 5 nitrogen and oxygen atoms in total. The third kappa shape index (κ3) is 2.39. The largest absolute Gasteiger partial charge is 0.497 e. The molecule has 1 aliphatic carbocycles. The van der Waals surface area contributed by atoms with Gasteiger partial charge >= 0.3 is 0 Å². The highest BCUT2D eigenvalue weighted by Crippen LogP contribution is 2.36. The number of amides is 1. The molecule has 0 bridgehead atoms. The van der Waals surface area contributed by atoms with Gasteiger partial charge in [0, 0.05) is 17.2 Å². The highest BCUT2D eigenvalue weighted by molar-refractivity contribution is 5.95. The van der Waals surface area contributed by atoms with Crippen molar-refractivity contribution in [1.82, 2.24) is 10.5 Å². The van der Waals surface area contributed by atoms with Crippen molar-refractivity contribution in [1.29, 1.82) is 0 Å². The van der Waals surface area contributed by atoms with Crippen LogP contribution in [0.25, 0.3) is 11.3 Å². The van der Waals surface area contributed by atoms with Gasteiger partial charge in [-0.1, -0.05) is 5.16 Å². The van der Waals surface area contributed by atoms with Crippen molar-refractivity contribution in [2.75, 3.05) is 7.11 Å². The smallest absolute Gasteiger partial charge is 0.273 e. The van der Waals surface area contributed by atoms with Gasteiger partial charge in [-0.05, 0) is 50.5 Å². The Morgan fingerprint density at radius 2 is 2.19 bits per heavy atom. The first-order valence-electron chi connectivity index (χ1n) is 7.07. The van der Waals surface area contributed by atoms with Crippen LogP contribution in [0.4, 0.5) is 0 Å². The number of nitrogens with one attached hydrogen (secondary N) is 1. The Morgan fingerprint density at radius 3 is 2.90 bits per heavy atom. The van der Waals surface area contributed by atoms with E-state index in [1.54, 1.807) is 7.11 Å². The molecule has 3 rings (SSSR count). The topological polar surface area (TPSA) is 64.4 Å². The fraction of sp³-hybridized carbons (Fsp3) is 0.375. The van der Waals surface area contributed by atoms with Crippen molar-refractivity contribution in [3.8, 4) is 17.1 Å². The molecule has 0 spiro atoms. The van der Waals surface area contributed by atoms with Gasteiger partial charge in [0.2, 0.25) is 0 Å². The number of ether oxygens (including phenoxy) is 1. The summed E-state index contributed by atoms with van der Waals surface area (Å²) < 4.78 is 10.7. The standard InChI is InChI=1S/C16H18N2O3/c1-9(2)17-16(19)14-13-6-4-10-8-11(20-3)5-7-12(10)15(13)21-18-14/h5,7-9H,4,6H2,1-3H3,(H,17,19). The minimum Gasteiger partial charge on any atom is -0.497 e. The van der Waals surface area contributed by atoms with Gasteiger partial charge in [-0.2, -0.15) is 0 Å². The first-order valence-corrected chi connectivity index (χ1v) is 7.07. The zero-order chi connectivity index (χ0) is 15.0. The number of fused-ring (bicyclic) bond motifs is 3. The van der Waals surface area contributed by atoms with E-state index in [4.69, 9.17) is 9.26 Å². The number of hydrogen-bond donors (Lipinski definition) is 1. The van der Waals surface area contributed by atoms with E-state index in [1.807, 2.05) is 32.0 Å². The summed E-state index contributed by atoms with van der Waals surface area (Å²) in [5.41, 5.74) is 3.45. The Labute approximate surface area is 123 Å². The minimum atomic E-state index is -0.174. The number of nitrogens with zero attached hydrogens (tertiary/aromatic N) is 1. The molecule has 1 N–H and O–H groups in total. The van der Waals surface area contributed by atoms with E-state index in [0.717, 1.165) is 35.3 Å². The molecule has 1 amide bonds. The van der Waals surface area contributed by atoms with E-state index in [1.165, 1.54) is 0 Å². The van der Waals surface area contributed by atoms with Gasteiger partial charge in [0.1, 0.15) is 5.75 Å². The molecule has 1 aromatic heterocycles. The average Bonchev–Trinajstić information content (AvgIpc) is 2.90. The van der Waals surface area contributed by atoms with Gasteiger partial charge in [0.25, 0.3) is 5.91 Å². The summed E-state index contributed by atoms with van der Waals surface area (Å²) >= 11 is 0. The Bertz CT molecular complexity index is 689. The van der Waals surface area contributed by atoms with E-state index in [9.17, 15) is 4.79 Å². The number of hydrogen-bond acceptors (Lipinski definition) is 4. The van der Waals surface area contributed by atoms with Crippen LogP contribution in [-0.4, -0.2) is 24.2 Å². The van der Waals surface area contributed by atoms with Crippen molar-refractivity contribution in [3.05, 3.63) is 35.0 Å². The fourth-order valence-corrected chi connectivity index (χ4v) is 2.65. The maximum Gasteiger partial charge on any atom is 0.273 e. The zero-order valence-electron chi connectivity index (χ0n) is 12.4. The predicted octanol–water partition coefficient (Wildman–Crippen LogP) is 2.59. The molecule has 0 aliphatic heterocycles. The van der Waals surface area contributed by atoms with Crippen LogP contribution in [-0.2, 0) is 12.8 Å². The van der Waals surface area contributed by atoms with E-state index >= 15 is 0 Å². The van der Waals surface area contributed by atoms with Gasteiger partial charge in [0.15, 0.2) is 11.5 Å². The molecule has 21 heavy (non-hydrogen) atoms. The summed E-state index contributed by atoms with van der Waals surface area (Å²) in [6, 6.07) is 5.94. The molecule has 1 heterocycles. The number of aromatic nitrogens is 1. The second-order valence-electron chi connectivity index (χ2n) is 5.49. The Kier molecular flexibility index (Phi) is 3.41. The quantitative estimate of drug-likeness (QED) is 0.942. The van der Waals surface area contributed by atoms with Crippen LogP contribution in [0.1, 0.15) is 35.5 Å². The molecular formula is C16H18N2O3. The summed E-state index contributed by atoms with van der Waals surface area (Å²) in [6.45, 7) is 3.85. The highest BCUT2D eigenvalue weighted by Gasteiger charge is 2.27. The van der Waals surface area contributed by atoms with E-state index < -0.39 is 0 Å². The van der Waals surface area contributed by atoms with E-state index in [2.05, 4.69) is 10.5 Å². The van der Waals surface area contributed by atoms with Crippen molar-refractivity contribution in [2.45, 2.75) is 32.7 Å². The van der Waals surface area contributed by atoms with E-state index in [0.29, 0.717) is 11.5 Å². The number of carbonyl (C=O) groups excluding carboxylic acids is 1. The molecule has 1 aromatic carbocycles. The van der Waals surface area contributed by atoms with Crippen molar-refractivity contribution < 1.29 is 14.1 Å². The minimum absolute atomic E-state index is 0.0741. The normalized spacial score (nSPS) is 12.8. The van der Waals surface area contributed by atoms with Gasteiger partial charge in [-0.15, -0.1) is 0 Å². The molecule has 2 aromatic rings. The van der Waals surface area contributed by atoms with Gasteiger partial charge in [-0.25, -0.2) is 0 Å². The fourth-order valence-electron chi connectivity index (χ4n) is 2.65. The lowest BCUT2D eigenvalue weighted by molar-refractivity contribution is 0.0933. The Morgan fingerprint density at radius 1 is 1.38 bits per heavy atom. The molecule has 0 fully saturated rings. The van der Waals surface area contributed by atoms with Crippen LogP contribution < -0.4 is 10.1 Å². The molecule has 110 valence electrons. The second kappa shape index (κ2) is 5.24. The predicted molar refractivity (Wildman–Crippen MR) is 78.5 cm³/mol. The molecule has 0 unspecified atom stereocenters. The van der Waals surface area contributed by atoms with Gasteiger partial charge in [0.05, 0.1) is 7.11 Å². The molecule has 0 saturated carbocycles. The highest BCUT2D eigenvalue weighted by atomic mass is 16.5. The molecule has 0 radical (unpaired) electrons. The Hall–Kier alpha value is -2.30. The first-order chi connectivity index (χ1) is 10.1. The maximum atomic E-state index is 12.1. The van der Waals surface area contributed by atoms with Crippen LogP contribution in [0.2, 0.25) is 0 Å². The second-order valence-corrected chi connectivity index (χ2v) is 5.49. The lowest BCUT2D eigenvalue weighted by Crippen LogP contribution is -2.31. The first kappa shape index (κ1) is 13.7. The van der Waals surface area contributed by atoms with Gasteiger partial charge < -0.3 is 14.6 Å². The van der Waals surface area contributed by atoms with Gasteiger partial charge in [-0.3, -0.25) is 4.79 Å². The van der Waals surface area contributed by atoms with E-state index in [-0.39, 0.29) is 11.9 Å². The number of carbonyl (C=O) groups is 1. The number of rotatable bonds is 3. The van der Waals surface area contributed by atoms with Crippen molar-refractivity contribution in [2.24, 2.45) is 0 Å². The molecule has 5 heteroatoms. The number of benzene rings is 1. The third-order valence-electron chi connectivity index (χ3n) is 3.62. The van der Waals surface area contributed by atoms with Crippen LogP contribution in [0, 0.1) is 0 Å². The summed E-state index contributed by atoms with van der Waals surface area (Å²) in [6.07, 6.45) is 1.60. The van der Waals surface area contributed by atoms with Crippen molar-refractivity contribution in [3.63, 3.8) is 0 Å². The van der Waals surface area contributed by atoms with Crippen molar-refractivity contribution >= 4 is 5.91 Å². The molecule has 1 aliphatic rings. The molecular weight excluding hydrogens is 268 g/mol. The van der Waals surface area contributed by atoms with Crippen LogP contribution in [0.5, 0.6) is 5.75 Å². The summed E-state index contributed by atoms with van der Waals surface area (Å²) in [5.74, 6) is 1.36. The maximum absolute atomic E-state index is 12.1. The Balaban J connectivity index is 2.00. The average molecular weight is 286 g/mol. The van der Waals surface area contributed by atoms with Crippen LogP contribution in [0.15, 0.2) is 22.7 Å². The lowest BCUT2D eigenvalue weighted by Gasteiger charge is -2.16.